The first-order valence-corrected chi connectivity index (χ1v) is 12.2. The zero-order valence-electron chi connectivity index (χ0n) is 18.7. The van der Waals surface area contributed by atoms with E-state index in [0.29, 0.717) is 0 Å². The molecular weight excluding hydrogens is 511 g/mol. The Balaban J connectivity index is 1.73. The standard InChI is InChI=1S/C22H17F5N4O4S/c1-11-16(19(32)28-12-4-3-5-13(10-12)36(2,33)34)20(31-30-17(11)22(25,26)27)35-15-7-6-14(18(23)29-15)21(24)8-9-21/h3-7,10H,8-9H2,1-2H3,(H,28,32). The van der Waals surface area contributed by atoms with Crippen molar-refractivity contribution >= 4 is 21.4 Å². The molecule has 1 N–H and O–H groups in total. The largest absolute Gasteiger partial charge is 0.435 e. The minimum atomic E-state index is -4.97. The number of ether oxygens (including phenoxy) is 1. The Bertz CT molecular complexity index is 1470. The Kier molecular flexibility index (Phi) is 6.19. The van der Waals surface area contributed by atoms with Crippen molar-refractivity contribution in [2.24, 2.45) is 0 Å². The van der Waals surface area contributed by atoms with E-state index in [9.17, 15) is 35.2 Å². The molecule has 36 heavy (non-hydrogen) atoms. The van der Waals surface area contributed by atoms with E-state index in [4.69, 9.17) is 4.74 Å². The topological polar surface area (TPSA) is 111 Å². The Morgan fingerprint density at radius 2 is 1.83 bits per heavy atom. The van der Waals surface area contributed by atoms with Crippen LogP contribution in [0.25, 0.3) is 0 Å². The molecule has 8 nitrogen and oxygen atoms in total. The lowest BCUT2D eigenvalue weighted by Gasteiger charge is -2.16. The molecule has 1 aliphatic rings. The third-order valence-electron chi connectivity index (χ3n) is 5.40. The third-order valence-corrected chi connectivity index (χ3v) is 6.51. The second-order valence-electron chi connectivity index (χ2n) is 8.16. The molecule has 0 atom stereocenters. The van der Waals surface area contributed by atoms with Gasteiger partial charge in [-0.05, 0) is 49.6 Å². The Labute approximate surface area is 201 Å². The van der Waals surface area contributed by atoms with Crippen LogP contribution in [0.1, 0.15) is 40.0 Å². The summed E-state index contributed by atoms with van der Waals surface area (Å²) in [5.41, 5.74) is -4.96. The van der Waals surface area contributed by atoms with Crippen LogP contribution >= 0.6 is 0 Å². The van der Waals surface area contributed by atoms with Crippen LogP contribution in [-0.2, 0) is 21.7 Å². The number of carbonyl (C=O) groups excluding carboxylic acids is 1. The van der Waals surface area contributed by atoms with Gasteiger partial charge in [-0.1, -0.05) is 6.07 Å². The molecule has 2 heterocycles. The van der Waals surface area contributed by atoms with E-state index in [2.05, 4.69) is 20.5 Å². The summed E-state index contributed by atoms with van der Waals surface area (Å²) in [6, 6.07) is 7.21. The van der Waals surface area contributed by atoms with Crippen molar-refractivity contribution in [3.63, 3.8) is 0 Å². The first-order chi connectivity index (χ1) is 16.7. The lowest BCUT2D eigenvalue weighted by molar-refractivity contribution is -0.142. The highest BCUT2D eigenvalue weighted by Crippen LogP contribution is 2.50. The molecular formula is C22H17F5N4O4S. The lowest BCUT2D eigenvalue weighted by Crippen LogP contribution is -2.21. The zero-order chi connectivity index (χ0) is 26.5. The Hall–Kier alpha value is -3.68. The van der Waals surface area contributed by atoms with E-state index in [1.54, 1.807) is 0 Å². The van der Waals surface area contributed by atoms with Crippen molar-refractivity contribution in [3.05, 3.63) is 64.7 Å². The average molecular weight is 528 g/mol. The molecule has 1 aromatic carbocycles. The maximum Gasteiger partial charge on any atom is 0.435 e. The molecule has 14 heteroatoms. The molecule has 0 aliphatic heterocycles. The number of aromatic nitrogens is 3. The fraction of sp³-hybridized carbons (Fsp3) is 0.273. The molecule has 0 spiro atoms. The maximum atomic E-state index is 14.3. The van der Waals surface area contributed by atoms with Crippen LogP contribution in [-0.4, -0.2) is 35.8 Å². The van der Waals surface area contributed by atoms with Crippen LogP contribution in [0.2, 0.25) is 0 Å². The second kappa shape index (κ2) is 8.76. The number of nitrogens with zero attached hydrogens (tertiary/aromatic N) is 3. The highest BCUT2D eigenvalue weighted by molar-refractivity contribution is 7.90. The van der Waals surface area contributed by atoms with Crippen molar-refractivity contribution in [1.29, 1.82) is 0 Å². The van der Waals surface area contributed by atoms with Crippen LogP contribution in [0.5, 0.6) is 11.8 Å². The number of hydrogen-bond acceptors (Lipinski definition) is 7. The molecule has 190 valence electrons. The molecule has 1 fully saturated rings. The van der Waals surface area contributed by atoms with Gasteiger partial charge >= 0.3 is 6.18 Å². The van der Waals surface area contributed by atoms with Gasteiger partial charge < -0.3 is 10.1 Å². The number of benzene rings is 1. The fourth-order valence-corrected chi connectivity index (χ4v) is 4.06. The average Bonchev–Trinajstić information content (AvgIpc) is 3.50. The van der Waals surface area contributed by atoms with Crippen LogP contribution < -0.4 is 10.1 Å². The minimum Gasteiger partial charge on any atom is -0.418 e. The van der Waals surface area contributed by atoms with Gasteiger partial charge in [-0.3, -0.25) is 4.79 Å². The molecule has 0 radical (unpaired) electrons. The van der Waals surface area contributed by atoms with Crippen LogP contribution in [0.4, 0.5) is 27.6 Å². The Morgan fingerprint density at radius 3 is 2.42 bits per heavy atom. The number of sulfone groups is 1. The summed E-state index contributed by atoms with van der Waals surface area (Å²) in [7, 11) is -3.64. The summed E-state index contributed by atoms with van der Waals surface area (Å²) < 4.78 is 97.7. The van der Waals surface area contributed by atoms with Crippen molar-refractivity contribution in [2.75, 3.05) is 11.6 Å². The number of pyridine rings is 1. The van der Waals surface area contributed by atoms with Crippen molar-refractivity contribution in [2.45, 2.75) is 36.5 Å². The predicted molar refractivity (Wildman–Crippen MR) is 116 cm³/mol. The van der Waals surface area contributed by atoms with E-state index in [1.807, 2.05) is 0 Å². The van der Waals surface area contributed by atoms with E-state index >= 15 is 0 Å². The summed E-state index contributed by atoms with van der Waals surface area (Å²) in [5.74, 6) is -3.53. The number of halogens is 5. The Morgan fingerprint density at radius 1 is 1.14 bits per heavy atom. The van der Waals surface area contributed by atoms with Crippen molar-refractivity contribution < 1.29 is 39.9 Å². The highest BCUT2D eigenvalue weighted by Gasteiger charge is 2.47. The highest BCUT2D eigenvalue weighted by atomic mass is 32.2. The summed E-state index contributed by atoms with van der Waals surface area (Å²) >= 11 is 0. The van der Waals surface area contributed by atoms with E-state index < -0.39 is 62.1 Å². The monoisotopic (exact) mass is 528 g/mol. The number of nitrogens with one attached hydrogen (secondary N) is 1. The molecule has 1 saturated carbocycles. The van der Waals surface area contributed by atoms with Gasteiger partial charge in [0.1, 0.15) is 11.2 Å². The van der Waals surface area contributed by atoms with Gasteiger partial charge in [0.2, 0.25) is 11.8 Å². The molecule has 0 saturated heterocycles. The zero-order valence-corrected chi connectivity index (χ0v) is 19.5. The molecule has 4 rings (SSSR count). The number of carbonyl (C=O) groups is 1. The summed E-state index contributed by atoms with van der Waals surface area (Å²) in [4.78, 5) is 16.4. The molecule has 0 unspecified atom stereocenters. The first-order valence-electron chi connectivity index (χ1n) is 10.3. The molecule has 1 amide bonds. The van der Waals surface area contributed by atoms with Gasteiger partial charge in [0.15, 0.2) is 15.5 Å². The third kappa shape index (κ3) is 5.12. The first kappa shape index (κ1) is 25.4. The number of alkyl halides is 4. The SMILES string of the molecule is Cc1c(C(F)(F)F)nnc(Oc2ccc(C3(F)CC3)c(F)n2)c1C(=O)Nc1cccc(S(C)(=O)=O)c1. The van der Waals surface area contributed by atoms with Gasteiger partial charge in [0.25, 0.3) is 11.8 Å². The van der Waals surface area contributed by atoms with Crippen LogP contribution in [0, 0.1) is 12.9 Å². The number of anilines is 1. The number of rotatable bonds is 6. The van der Waals surface area contributed by atoms with Gasteiger partial charge in [-0.2, -0.15) is 22.5 Å². The van der Waals surface area contributed by atoms with Crippen molar-refractivity contribution in [1.82, 2.24) is 15.2 Å². The summed E-state index contributed by atoms with van der Waals surface area (Å²) in [5, 5.41) is 8.74. The van der Waals surface area contributed by atoms with Crippen molar-refractivity contribution in [3.8, 4) is 11.8 Å². The second-order valence-corrected chi connectivity index (χ2v) is 10.2. The number of amides is 1. The predicted octanol–water partition coefficient (Wildman–Crippen LogP) is 4.74. The molecule has 0 bridgehead atoms. The summed E-state index contributed by atoms with van der Waals surface area (Å²) in [6.07, 6.45) is -3.77. The lowest BCUT2D eigenvalue weighted by atomic mass is 10.1. The van der Waals surface area contributed by atoms with E-state index in [0.717, 1.165) is 31.4 Å². The normalized spacial score (nSPS) is 14.9. The van der Waals surface area contributed by atoms with Crippen LogP contribution in [0.3, 0.4) is 0 Å². The minimum absolute atomic E-state index is 0.0372. The van der Waals surface area contributed by atoms with Gasteiger partial charge in [0, 0.05) is 23.6 Å². The smallest absolute Gasteiger partial charge is 0.418 e. The fourth-order valence-electron chi connectivity index (χ4n) is 3.39. The maximum absolute atomic E-state index is 14.3. The van der Waals surface area contributed by atoms with Gasteiger partial charge in [-0.15, -0.1) is 10.2 Å². The summed E-state index contributed by atoms with van der Waals surface area (Å²) in [6.45, 7) is 0.962. The van der Waals surface area contributed by atoms with Gasteiger partial charge in [-0.25, -0.2) is 12.8 Å². The number of hydrogen-bond donors (Lipinski definition) is 1. The van der Waals surface area contributed by atoms with Gasteiger partial charge in [0.05, 0.1) is 4.90 Å². The van der Waals surface area contributed by atoms with Crippen LogP contribution in [0.15, 0.2) is 41.3 Å². The van der Waals surface area contributed by atoms with E-state index in [-0.39, 0.29) is 29.0 Å². The molecule has 2 aromatic heterocycles. The van der Waals surface area contributed by atoms with E-state index in [1.165, 1.54) is 18.2 Å². The molecule has 3 aromatic rings. The quantitative estimate of drug-likeness (QED) is 0.363. The molecule has 1 aliphatic carbocycles.